The van der Waals surface area contributed by atoms with E-state index in [2.05, 4.69) is 20.4 Å². The van der Waals surface area contributed by atoms with E-state index in [9.17, 15) is 4.79 Å². The SMILES string of the molecule is Cc1cc(-c2noc([C@H](C)NC(=O)Cc3ccccc3)n2)ccn1. The van der Waals surface area contributed by atoms with Gasteiger partial charge < -0.3 is 9.84 Å². The molecular weight excluding hydrogens is 304 g/mol. The Morgan fingerprint density at radius 2 is 2.04 bits per heavy atom. The van der Waals surface area contributed by atoms with Crippen molar-refractivity contribution >= 4 is 5.91 Å². The van der Waals surface area contributed by atoms with Gasteiger partial charge in [-0.05, 0) is 31.5 Å². The van der Waals surface area contributed by atoms with E-state index >= 15 is 0 Å². The number of benzene rings is 1. The molecule has 24 heavy (non-hydrogen) atoms. The highest BCUT2D eigenvalue weighted by Gasteiger charge is 2.17. The van der Waals surface area contributed by atoms with E-state index < -0.39 is 0 Å². The number of rotatable bonds is 5. The Balaban J connectivity index is 1.65. The van der Waals surface area contributed by atoms with Crippen LogP contribution in [0.2, 0.25) is 0 Å². The van der Waals surface area contributed by atoms with E-state index in [1.165, 1.54) is 0 Å². The summed E-state index contributed by atoms with van der Waals surface area (Å²) in [5.74, 6) is 0.772. The van der Waals surface area contributed by atoms with Gasteiger partial charge in [0.05, 0.1) is 6.42 Å². The zero-order valence-corrected chi connectivity index (χ0v) is 13.6. The molecule has 0 aliphatic heterocycles. The van der Waals surface area contributed by atoms with Gasteiger partial charge in [0.15, 0.2) is 0 Å². The van der Waals surface area contributed by atoms with E-state index in [0.29, 0.717) is 18.1 Å². The van der Waals surface area contributed by atoms with Crippen molar-refractivity contribution in [3.05, 3.63) is 65.8 Å². The maximum atomic E-state index is 12.1. The molecule has 122 valence electrons. The van der Waals surface area contributed by atoms with Crippen molar-refractivity contribution in [2.45, 2.75) is 26.3 Å². The third kappa shape index (κ3) is 3.84. The monoisotopic (exact) mass is 322 g/mol. The fraction of sp³-hybridized carbons (Fsp3) is 0.222. The minimum Gasteiger partial charge on any atom is -0.344 e. The van der Waals surface area contributed by atoms with E-state index in [-0.39, 0.29) is 11.9 Å². The zero-order chi connectivity index (χ0) is 16.9. The lowest BCUT2D eigenvalue weighted by Gasteiger charge is -2.09. The van der Waals surface area contributed by atoms with Crippen LogP contribution in [0.3, 0.4) is 0 Å². The summed E-state index contributed by atoms with van der Waals surface area (Å²) < 4.78 is 5.28. The second-order valence-corrected chi connectivity index (χ2v) is 5.59. The molecule has 6 nitrogen and oxygen atoms in total. The topological polar surface area (TPSA) is 80.9 Å². The normalized spacial score (nSPS) is 11.9. The summed E-state index contributed by atoms with van der Waals surface area (Å²) >= 11 is 0. The summed E-state index contributed by atoms with van der Waals surface area (Å²) in [6.07, 6.45) is 2.02. The van der Waals surface area contributed by atoms with E-state index in [4.69, 9.17) is 4.52 Å². The largest absolute Gasteiger partial charge is 0.344 e. The standard InChI is InChI=1S/C18H18N4O2/c1-12-10-15(8-9-19-12)17-21-18(24-22-17)13(2)20-16(23)11-14-6-4-3-5-7-14/h3-10,13H,11H2,1-2H3,(H,20,23)/t13-/m0/s1. The molecule has 0 bridgehead atoms. The van der Waals surface area contributed by atoms with Crippen LogP contribution in [0, 0.1) is 6.92 Å². The highest BCUT2D eigenvalue weighted by atomic mass is 16.5. The second kappa shape index (κ2) is 7.04. The number of hydrogen-bond acceptors (Lipinski definition) is 5. The molecule has 1 N–H and O–H groups in total. The van der Waals surface area contributed by atoms with Gasteiger partial charge in [-0.2, -0.15) is 4.98 Å². The Morgan fingerprint density at radius 3 is 2.79 bits per heavy atom. The number of pyridine rings is 1. The zero-order valence-electron chi connectivity index (χ0n) is 13.6. The number of aromatic nitrogens is 3. The molecule has 0 aliphatic carbocycles. The summed E-state index contributed by atoms with van der Waals surface area (Å²) in [7, 11) is 0. The summed E-state index contributed by atoms with van der Waals surface area (Å²) in [5, 5.41) is 6.85. The molecule has 1 amide bonds. The van der Waals surface area contributed by atoms with Crippen LogP contribution in [-0.2, 0) is 11.2 Å². The summed E-state index contributed by atoms with van der Waals surface area (Å²) in [4.78, 5) is 20.6. The van der Waals surface area contributed by atoms with Crippen LogP contribution in [-0.4, -0.2) is 21.0 Å². The summed E-state index contributed by atoms with van der Waals surface area (Å²) in [6.45, 7) is 3.72. The number of nitrogens with one attached hydrogen (secondary N) is 1. The van der Waals surface area contributed by atoms with Crippen molar-refractivity contribution < 1.29 is 9.32 Å². The number of nitrogens with zero attached hydrogens (tertiary/aromatic N) is 3. The second-order valence-electron chi connectivity index (χ2n) is 5.59. The fourth-order valence-electron chi connectivity index (χ4n) is 2.35. The highest BCUT2D eigenvalue weighted by molar-refractivity contribution is 5.78. The predicted octanol–water partition coefficient (Wildman–Crippen LogP) is 2.86. The number of amides is 1. The van der Waals surface area contributed by atoms with Gasteiger partial charge in [0, 0.05) is 17.5 Å². The molecule has 0 saturated heterocycles. The smallest absolute Gasteiger partial charge is 0.249 e. The maximum absolute atomic E-state index is 12.1. The average Bonchev–Trinajstić information content (AvgIpc) is 3.06. The van der Waals surface area contributed by atoms with Crippen molar-refractivity contribution in [1.29, 1.82) is 0 Å². The van der Waals surface area contributed by atoms with Crippen molar-refractivity contribution in [1.82, 2.24) is 20.4 Å². The molecule has 0 fully saturated rings. The minimum atomic E-state index is -0.356. The first-order valence-corrected chi connectivity index (χ1v) is 7.72. The van der Waals surface area contributed by atoms with Crippen LogP contribution in [0.25, 0.3) is 11.4 Å². The van der Waals surface area contributed by atoms with Gasteiger partial charge in [0.1, 0.15) is 6.04 Å². The van der Waals surface area contributed by atoms with E-state index in [0.717, 1.165) is 16.8 Å². The van der Waals surface area contributed by atoms with Crippen LogP contribution >= 0.6 is 0 Å². The fourth-order valence-corrected chi connectivity index (χ4v) is 2.35. The number of carbonyl (C=O) groups is 1. The quantitative estimate of drug-likeness (QED) is 0.781. The van der Waals surface area contributed by atoms with Crippen molar-refractivity contribution in [2.24, 2.45) is 0 Å². The molecule has 1 atom stereocenters. The Hall–Kier alpha value is -3.02. The molecule has 2 aromatic heterocycles. The third-order valence-corrected chi connectivity index (χ3v) is 3.55. The number of aryl methyl sites for hydroxylation is 1. The summed E-state index contributed by atoms with van der Waals surface area (Å²) in [5.41, 5.74) is 2.67. The van der Waals surface area contributed by atoms with Crippen LogP contribution in [0.4, 0.5) is 0 Å². The molecule has 6 heteroatoms. The van der Waals surface area contributed by atoms with Crippen molar-refractivity contribution in [2.75, 3.05) is 0 Å². The molecule has 3 aromatic rings. The summed E-state index contributed by atoms with van der Waals surface area (Å²) in [6, 6.07) is 12.9. The van der Waals surface area contributed by atoms with Crippen LogP contribution in [0.15, 0.2) is 53.2 Å². The maximum Gasteiger partial charge on any atom is 0.249 e. The van der Waals surface area contributed by atoms with Crippen molar-refractivity contribution in [3.8, 4) is 11.4 Å². The number of hydrogen-bond donors (Lipinski definition) is 1. The first-order valence-electron chi connectivity index (χ1n) is 7.72. The first kappa shape index (κ1) is 15.9. The van der Waals surface area contributed by atoms with Gasteiger partial charge in [0.2, 0.25) is 17.6 Å². The first-order chi connectivity index (χ1) is 11.6. The van der Waals surface area contributed by atoms with Crippen molar-refractivity contribution in [3.63, 3.8) is 0 Å². The molecule has 0 radical (unpaired) electrons. The highest BCUT2D eigenvalue weighted by Crippen LogP contribution is 2.18. The molecule has 0 saturated carbocycles. The molecule has 2 heterocycles. The van der Waals surface area contributed by atoms with Gasteiger partial charge >= 0.3 is 0 Å². The lowest BCUT2D eigenvalue weighted by Crippen LogP contribution is -2.28. The minimum absolute atomic E-state index is 0.0896. The lowest BCUT2D eigenvalue weighted by atomic mass is 10.1. The molecule has 3 rings (SSSR count). The van der Waals surface area contributed by atoms with E-state index in [1.807, 2.05) is 56.3 Å². The van der Waals surface area contributed by atoms with Crippen LogP contribution in [0.1, 0.15) is 30.1 Å². The Morgan fingerprint density at radius 1 is 1.25 bits per heavy atom. The Kier molecular flexibility index (Phi) is 4.65. The van der Waals surface area contributed by atoms with E-state index in [1.54, 1.807) is 6.20 Å². The van der Waals surface area contributed by atoms with Crippen LogP contribution < -0.4 is 5.32 Å². The van der Waals surface area contributed by atoms with Gasteiger partial charge in [-0.3, -0.25) is 9.78 Å². The molecular formula is C18H18N4O2. The van der Waals surface area contributed by atoms with Crippen LogP contribution in [0.5, 0.6) is 0 Å². The van der Waals surface area contributed by atoms with Gasteiger partial charge in [0.25, 0.3) is 0 Å². The molecule has 0 aliphatic rings. The molecule has 1 aromatic carbocycles. The predicted molar refractivity (Wildman–Crippen MR) is 89.0 cm³/mol. The molecule has 0 spiro atoms. The third-order valence-electron chi connectivity index (χ3n) is 3.55. The lowest BCUT2D eigenvalue weighted by molar-refractivity contribution is -0.121. The van der Waals surface area contributed by atoms with Gasteiger partial charge in [-0.25, -0.2) is 0 Å². The average molecular weight is 322 g/mol. The Labute approximate surface area is 139 Å². The van der Waals surface area contributed by atoms with Gasteiger partial charge in [-0.15, -0.1) is 0 Å². The van der Waals surface area contributed by atoms with Gasteiger partial charge in [-0.1, -0.05) is 35.5 Å². The molecule has 0 unspecified atom stereocenters. The number of carbonyl (C=O) groups excluding carboxylic acids is 1. The Bertz CT molecular complexity index is 830.